The summed E-state index contributed by atoms with van der Waals surface area (Å²) in [6, 6.07) is 0. The molecular weight excluding hydrogens is 189 g/mol. The first-order valence-corrected chi connectivity index (χ1v) is 5.54. The van der Waals surface area contributed by atoms with Gasteiger partial charge in [0.2, 0.25) is 0 Å². The van der Waals surface area contributed by atoms with Crippen molar-refractivity contribution < 1.29 is 46.4 Å². The van der Waals surface area contributed by atoms with Crippen LogP contribution in [0.1, 0.15) is 0 Å². The second kappa shape index (κ2) is 4.03. The molecule has 0 aliphatic carbocycles. The van der Waals surface area contributed by atoms with Gasteiger partial charge in [-0.05, 0) is 0 Å². The molecule has 0 bridgehead atoms. The number of sulfonamides is 2. The van der Waals surface area contributed by atoms with Gasteiger partial charge in [-0.2, -0.15) is 0 Å². The first-order chi connectivity index (χ1) is 3.71. The first-order valence-electron chi connectivity index (χ1n) is 1.85. The van der Waals surface area contributed by atoms with E-state index >= 15 is 0 Å². The molecule has 56 valence electrons. The van der Waals surface area contributed by atoms with Gasteiger partial charge in [-0.15, -0.1) is 0 Å². The van der Waals surface area contributed by atoms with Crippen molar-refractivity contribution in [2.75, 3.05) is 12.5 Å². The molecule has 0 unspecified atom stereocenters. The Kier molecular flexibility index (Phi) is 5.42. The minimum atomic E-state index is -3.74. The quantitative estimate of drug-likeness (QED) is 0.424. The van der Waals surface area contributed by atoms with Crippen LogP contribution in [0.2, 0.25) is 0 Å². The Morgan fingerprint density at radius 3 is 1.10 bits per heavy atom. The van der Waals surface area contributed by atoms with Gasteiger partial charge in [0.05, 0.1) is 20.0 Å². The molecule has 0 heterocycles. The van der Waals surface area contributed by atoms with Gasteiger partial charge in [0.1, 0.15) is 0 Å². The van der Waals surface area contributed by atoms with E-state index in [1.54, 1.807) is 0 Å². The number of rotatable bonds is 2. The normalized spacial score (nSPS) is 12.2. The van der Waals surface area contributed by atoms with Crippen LogP contribution in [-0.2, 0) is 20.0 Å². The molecule has 0 aromatic carbocycles. The average Bonchev–Trinajstić information content (AvgIpc) is 1.14. The Labute approximate surface area is 82.6 Å². The van der Waals surface area contributed by atoms with Crippen LogP contribution in [0.3, 0.4) is 0 Å². The van der Waals surface area contributed by atoms with Crippen molar-refractivity contribution in [2.24, 2.45) is 0 Å². The molecule has 0 saturated heterocycles. The van der Waals surface area contributed by atoms with Crippen LogP contribution in [0.25, 0.3) is 4.13 Å². The summed E-state index contributed by atoms with van der Waals surface area (Å²) < 4.78 is 42.9. The fourth-order valence-electron chi connectivity index (χ4n) is 0.246. The van der Waals surface area contributed by atoms with E-state index in [1.165, 1.54) is 0 Å². The van der Waals surface area contributed by atoms with E-state index in [9.17, 15) is 16.8 Å². The van der Waals surface area contributed by atoms with Gasteiger partial charge in [0.25, 0.3) is 0 Å². The summed E-state index contributed by atoms with van der Waals surface area (Å²) in [6.07, 6.45) is 1.43. The molecule has 0 aliphatic rings. The molecule has 0 amide bonds. The largest absolute Gasteiger partial charge is 1.00 e. The summed E-state index contributed by atoms with van der Waals surface area (Å²) in [5, 5.41) is 0. The maximum Gasteiger partial charge on any atom is 1.00 e. The van der Waals surface area contributed by atoms with Crippen LogP contribution in [0.5, 0.6) is 0 Å². The third-order valence-electron chi connectivity index (χ3n) is 0.271. The number of nitrogens with zero attached hydrogens (tertiary/aromatic N) is 1. The van der Waals surface area contributed by atoms with Crippen molar-refractivity contribution in [2.45, 2.75) is 0 Å². The van der Waals surface area contributed by atoms with Crippen molar-refractivity contribution in [3.05, 3.63) is 4.13 Å². The smallest absolute Gasteiger partial charge is 0.437 e. The van der Waals surface area contributed by atoms with E-state index in [0.717, 1.165) is 0 Å². The number of hydrogen-bond donors (Lipinski definition) is 0. The minimum absolute atomic E-state index is 0. The SMILES string of the molecule is CS(=O)(=O)[N-]S(C)(=O)=O.[Na+]. The third kappa shape index (κ3) is 11.6. The zero-order valence-electron chi connectivity index (χ0n) is 5.90. The molecule has 0 rings (SSSR count). The predicted octanol–water partition coefficient (Wildman–Crippen LogP) is -3.72. The molecule has 0 saturated carbocycles. The van der Waals surface area contributed by atoms with Gasteiger partial charge in [-0.1, -0.05) is 0 Å². The molecule has 0 radical (unpaired) electrons. The Morgan fingerprint density at radius 2 is 1.10 bits per heavy atom. The maximum atomic E-state index is 10.1. The standard InChI is InChI=1S/C2H6NO4S2.Na/c1-8(4,5)3-9(2,6)7;/h1-2H3;/q-1;+1. The van der Waals surface area contributed by atoms with E-state index in [4.69, 9.17) is 0 Å². The van der Waals surface area contributed by atoms with Crippen molar-refractivity contribution >= 4 is 20.0 Å². The summed E-state index contributed by atoms with van der Waals surface area (Å²) in [5.41, 5.74) is 0. The summed E-state index contributed by atoms with van der Waals surface area (Å²) in [6.45, 7) is 0. The van der Waals surface area contributed by atoms with Crippen LogP contribution >= 0.6 is 0 Å². The van der Waals surface area contributed by atoms with E-state index in [-0.39, 0.29) is 29.6 Å². The second-order valence-corrected chi connectivity index (χ2v) is 5.07. The Balaban J connectivity index is 0. The number of hydrogen-bond acceptors (Lipinski definition) is 4. The van der Waals surface area contributed by atoms with Gasteiger partial charge in [-0.25, -0.2) is 16.8 Å². The molecule has 0 aliphatic heterocycles. The van der Waals surface area contributed by atoms with Crippen molar-refractivity contribution in [3.8, 4) is 0 Å². The third-order valence-corrected chi connectivity index (χ3v) is 2.44. The van der Waals surface area contributed by atoms with Gasteiger partial charge in [0, 0.05) is 12.5 Å². The van der Waals surface area contributed by atoms with Crippen molar-refractivity contribution in [1.29, 1.82) is 0 Å². The topological polar surface area (TPSA) is 82.4 Å². The predicted molar refractivity (Wildman–Crippen MR) is 33.0 cm³/mol. The molecule has 8 heteroatoms. The fourth-order valence-corrected chi connectivity index (χ4v) is 2.21. The minimum Gasteiger partial charge on any atom is -0.437 e. The van der Waals surface area contributed by atoms with Crippen LogP contribution in [0.4, 0.5) is 0 Å². The molecule has 0 aromatic rings. The van der Waals surface area contributed by atoms with Crippen LogP contribution in [0, 0.1) is 0 Å². The Hall–Kier alpha value is 0.860. The molecule has 0 fully saturated rings. The second-order valence-electron chi connectivity index (χ2n) is 1.54. The molecule has 0 N–H and O–H groups in total. The van der Waals surface area contributed by atoms with E-state index in [2.05, 4.69) is 4.13 Å². The van der Waals surface area contributed by atoms with Crippen molar-refractivity contribution in [1.82, 2.24) is 0 Å². The average molecular weight is 195 g/mol. The van der Waals surface area contributed by atoms with Gasteiger partial charge < -0.3 is 4.13 Å². The van der Waals surface area contributed by atoms with Gasteiger partial charge in [-0.3, -0.25) is 0 Å². The Morgan fingerprint density at radius 1 is 0.900 bits per heavy atom. The fraction of sp³-hybridized carbons (Fsp3) is 1.00. The van der Waals surface area contributed by atoms with Crippen LogP contribution in [-0.4, -0.2) is 29.3 Å². The summed E-state index contributed by atoms with van der Waals surface area (Å²) >= 11 is 0. The Bertz CT molecular complexity index is 246. The first kappa shape index (κ1) is 13.4. The van der Waals surface area contributed by atoms with Crippen LogP contribution in [0.15, 0.2) is 0 Å². The summed E-state index contributed by atoms with van der Waals surface area (Å²) in [5.74, 6) is 0. The summed E-state index contributed by atoms with van der Waals surface area (Å²) in [4.78, 5) is 0. The molecule has 0 aromatic heterocycles. The molecule has 0 spiro atoms. The monoisotopic (exact) mass is 195 g/mol. The molecule has 10 heavy (non-hydrogen) atoms. The van der Waals surface area contributed by atoms with E-state index < -0.39 is 20.0 Å². The summed E-state index contributed by atoms with van der Waals surface area (Å²) in [7, 11) is -7.49. The molecule has 0 atom stereocenters. The van der Waals surface area contributed by atoms with Gasteiger partial charge in [0.15, 0.2) is 0 Å². The molecular formula is C2H6NNaO4S2. The zero-order chi connectivity index (χ0) is 7.71. The van der Waals surface area contributed by atoms with E-state index in [1.807, 2.05) is 0 Å². The van der Waals surface area contributed by atoms with Crippen molar-refractivity contribution in [3.63, 3.8) is 0 Å². The zero-order valence-corrected chi connectivity index (χ0v) is 9.53. The molecule has 5 nitrogen and oxygen atoms in total. The van der Waals surface area contributed by atoms with Crippen LogP contribution < -0.4 is 29.6 Å². The van der Waals surface area contributed by atoms with Gasteiger partial charge >= 0.3 is 29.6 Å². The maximum absolute atomic E-state index is 10.1. The van der Waals surface area contributed by atoms with E-state index in [0.29, 0.717) is 12.5 Å².